The molecule has 34 heavy (non-hydrogen) atoms. The van der Waals surface area contributed by atoms with Gasteiger partial charge in [-0.1, -0.05) is 17.7 Å². The van der Waals surface area contributed by atoms with Crippen LogP contribution in [0.5, 0.6) is 0 Å². The van der Waals surface area contributed by atoms with Crippen molar-refractivity contribution in [3.05, 3.63) is 86.3 Å². The second kappa shape index (κ2) is 9.68. The van der Waals surface area contributed by atoms with Gasteiger partial charge in [0.2, 0.25) is 5.43 Å². The van der Waals surface area contributed by atoms with Gasteiger partial charge in [0.1, 0.15) is 0 Å². The summed E-state index contributed by atoms with van der Waals surface area (Å²) in [6, 6.07) is 9.54. The van der Waals surface area contributed by atoms with Gasteiger partial charge in [-0.3, -0.25) is 14.4 Å². The molecule has 0 aliphatic carbocycles. The van der Waals surface area contributed by atoms with Crippen molar-refractivity contribution in [2.75, 3.05) is 5.32 Å². The summed E-state index contributed by atoms with van der Waals surface area (Å²) in [5.74, 6) is -1.32. The summed E-state index contributed by atoms with van der Waals surface area (Å²) in [5, 5.41) is 9.25. The third-order valence-electron chi connectivity index (χ3n) is 4.64. The average molecular weight is 493 g/mol. The van der Waals surface area contributed by atoms with Crippen LogP contribution in [-0.4, -0.2) is 27.6 Å². The number of anilines is 1. The second-order valence-corrected chi connectivity index (χ2v) is 8.14. The number of carbonyl (C=O) groups excluding carboxylic acids is 2. The molecule has 7 nitrogen and oxygen atoms in total. The molecule has 0 radical (unpaired) electrons. The van der Waals surface area contributed by atoms with Crippen molar-refractivity contribution < 1.29 is 22.8 Å². The molecule has 0 fully saturated rings. The number of nitrogens with one attached hydrogen (secondary N) is 2. The molecule has 0 saturated heterocycles. The zero-order valence-corrected chi connectivity index (χ0v) is 19.1. The van der Waals surface area contributed by atoms with Crippen LogP contribution in [0.4, 0.5) is 18.9 Å². The van der Waals surface area contributed by atoms with Crippen molar-refractivity contribution >= 4 is 29.1 Å². The Balaban J connectivity index is 1.97. The molecule has 0 aliphatic rings. The summed E-state index contributed by atoms with van der Waals surface area (Å²) in [6.45, 7) is 5.05. The summed E-state index contributed by atoms with van der Waals surface area (Å²) in [7, 11) is 0. The van der Waals surface area contributed by atoms with Gasteiger partial charge in [-0.05, 0) is 57.2 Å². The molecule has 11 heteroatoms. The zero-order valence-electron chi connectivity index (χ0n) is 18.3. The fourth-order valence-electron chi connectivity index (χ4n) is 3.07. The number of hydrogen-bond donors (Lipinski definition) is 2. The van der Waals surface area contributed by atoms with Crippen LogP contribution in [0, 0.1) is 6.92 Å². The van der Waals surface area contributed by atoms with E-state index in [2.05, 4.69) is 15.7 Å². The Hall–Kier alpha value is -3.66. The molecule has 3 rings (SSSR count). The molecule has 1 heterocycles. The highest BCUT2D eigenvalue weighted by atomic mass is 35.5. The SMILES string of the molecule is Cc1cc(=O)c(C(=O)Nc2cc(C(=O)NC(C)C)ccc2Cl)nn1-c1cccc(C(F)(F)F)c1. The molecule has 1 aromatic heterocycles. The summed E-state index contributed by atoms with van der Waals surface area (Å²) >= 11 is 6.13. The number of carbonyl (C=O) groups is 2. The summed E-state index contributed by atoms with van der Waals surface area (Å²) < 4.78 is 40.4. The largest absolute Gasteiger partial charge is 0.416 e. The van der Waals surface area contributed by atoms with Crippen molar-refractivity contribution in [3.8, 4) is 5.69 Å². The van der Waals surface area contributed by atoms with E-state index in [-0.39, 0.29) is 39.6 Å². The Kier molecular flexibility index (Phi) is 7.11. The molecule has 2 aromatic carbocycles. The standard InChI is InChI=1S/C23H20ClF3N4O3/c1-12(2)28-21(33)14-7-8-17(24)18(10-14)29-22(34)20-19(32)9-13(3)31(30-20)16-6-4-5-15(11-16)23(25,26)27/h4-12H,1-3H3,(H,28,33)(H,29,34). The molecule has 0 unspecified atom stereocenters. The minimum atomic E-state index is -4.58. The predicted octanol–water partition coefficient (Wildman–Crippen LogP) is 4.60. The summed E-state index contributed by atoms with van der Waals surface area (Å²) in [5.41, 5.74) is -1.65. The lowest BCUT2D eigenvalue weighted by Gasteiger charge is -2.14. The molecule has 0 atom stereocenters. The van der Waals surface area contributed by atoms with Gasteiger partial charge in [0.25, 0.3) is 11.8 Å². The first-order valence-electron chi connectivity index (χ1n) is 10.1. The van der Waals surface area contributed by atoms with Crippen LogP contribution in [0.15, 0.2) is 53.3 Å². The van der Waals surface area contributed by atoms with Gasteiger partial charge in [0, 0.05) is 23.4 Å². The molecular weight excluding hydrogens is 473 g/mol. The van der Waals surface area contributed by atoms with Crippen molar-refractivity contribution in [2.24, 2.45) is 0 Å². The Labute approximate surface area is 197 Å². The van der Waals surface area contributed by atoms with Crippen molar-refractivity contribution in [1.29, 1.82) is 0 Å². The number of amides is 2. The highest BCUT2D eigenvalue weighted by molar-refractivity contribution is 6.34. The van der Waals surface area contributed by atoms with Gasteiger partial charge in [-0.25, -0.2) is 4.68 Å². The molecule has 0 aliphatic heterocycles. The lowest BCUT2D eigenvalue weighted by atomic mass is 10.1. The van der Waals surface area contributed by atoms with Crippen molar-refractivity contribution in [3.63, 3.8) is 0 Å². The zero-order chi connectivity index (χ0) is 25.2. The fraction of sp³-hybridized carbons (Fsp3) is 0.217. The number of rotatable bonds is 5. The van der Waals surface area contributed by atoms with Gasteiger partial charge < -0.3 is 10.6 Å². The van der Waals surface area contributed by atoms with E-state index in [1.807, 2.05) is 0 Å². The van der Waals surface area contributed by atoms with Gasteiger partial charge in [0.15, 0.2) is 5.69 Å². The molecule has 2 amide bonds. The van der Waals surface area contributed by atoms with Gasteiger partial charge in [0.05, 0.1) is 22.0 Å². The Morgan fingerprint density at radius 2 is 1.76 bits per heavy atom. The van der Waals surface area contributed by atoms with Crippen LogP contribution in [-0.2, 0) is 6.18 Å². The third kappa shape index (κ3) is 5.63. The van der Waals surface area contributed by atoms with Crippen LogP contribution < -0.4 is 16.1 Å². The quantitative estimate of drug-likeness (QED) is 0.544. The average Bonchev–Trinajstić information content (AvgIpc) is 2.74. The maximum Gasteiger partial charge on any atom is 0.416 e. The third-order valence-corrected chi connectivity index (χ3v) is 4.97. The monoisotopic (exact) mass is 492 g/mol. The molecular formula is C23H20ClF3N4O3. The molecule has 0 spiro atoms. The van der Waals surface area contributed by atoms with Crippen molar-refractivity contribution in [2.45, 2.75) is 33.0 Å². The Morgan fingerprint density at radius 3 is 2.41 bits per heavy atom. The van der Waals surface area contributed by atoms with Crippen LogP contribution in [0.2, 0.25) is 5.02 Å². The Morgan fingerprint density at radius 1 is 1.06 bits per heavy atom. The summed E-state index contributed by atoms with van der Waals surface area (Å²) in [4.78, 5) is 37.5. The number of alkyl halides is 3. The number of aryl methyl sites for hydroxylation is 1. The van der Waals surface area contributed by atoms with Crippen LogP contribution in [0.1, 0.15) is 46.0 Å². The first-order chi connectivity index (χ1) is 15.9. The van der Waals surface area contributed by atoms with Gasteiger partial charge in [-0.15, -0.1) is 0 Å². The Bertz CT molecular complexity index is 1320. The predicted molar refractivity (Wildman–Crippen MR) is 122 cm³/mol. The van der Waals surface area contributed by atoms with Crippen LogP contribution >= 0.6 is 11.6 Å². The maximum absolute atomic E-state index is 13.1. The number of aromatic nitrogens is 2. The minimum absolute atomic E-state index is 0.0201. The van der Waals surface area contributed by atoms with Crippen molar-refractivity contribution in [1.82, 2.24) is 15.1 Å². The van der Waals surface area contributed by atoms with E-state index >= 15 is 0 Å². The lowest BCUT2D eigenvalue weighted by Crippen LogP contribution is -2.30. The molecule has 178 valence electrons. The van der Waals surface area contributed by atoms with Crippen LogP contribution in [0.25, 0.3) is 5.69 Å². The lowest BCUT2D eigenvalue weighted by molar-refractivity contribution is -0.137. The van der Waals surface area contributed by atoms with E-state index in [9.17, 15) is 27.6 Å². The number of halogens is 4. The molecule has 2 N–H and O–H groups in total. The highest BCUT2D eigenvalue weighted by Crippen LogP contribution is 2.30. The van der Waals surface area contributed by atoms with Gasteiger partial charge >= 0.3 is 6.18 Å². The van der Waals surface area contributed by atoms with E-state index in [0.717, 1.165) is 22.9 Å². The molecule has 0 saturated carbocycles. The second-order valence-electron chi connectivity index (χ2n) is 7.74. The normalized spacial score (nSPS) is 11.4. The smallest absolute Gasteiger partial charge is 0.350 e. The van der Waals surface area contributed by atoms with E-state index in [0.29, 0.717) is 0 Å². The number of nitrogens with zero attached hydrogens (tertiary/aromatic N) is 2. The highest BCUT2D eigenvalue weighted by Gasteiger charge is 2.30. The molecule has 0 bridgehead atoms. The van der Waals surface area contributed by atoms with E-state index in [1.165, 1.54) is 37.3 Å². The first kappa shape index (κ1) is 25.0. The van der Waals surface area contributed by atoms with Gasteiger partial charge in [-0.2, -0.15) is 18.3 Å². The van der Waals surface area contributed by atoms with E-state index in [4.69, 9.17) is 11.6 Å². The van der Waals surface area contributed by atoms with Crippen LogP contribution in [0.3, 0.4) is 0 Å². The number of hydrogen-bond acceptors (Lipinski definition) is 4. The molecule has 3 aromatic rings. The van der Waals surface area contributed by atoms with E-state index < -0.39 is 28.8 Å². The van der Waals surface area contributed by atoms with E-state index in [1.54, 1.807) is 13.8 Å². The summed E-state index contributed by atoms with van der Waals surface area (Å²) in [6.07, 6.45) is -4.58. The minimum Gasteiger partial charge on any atom is -0.350 e. The number of benzene rings is 2. The fourth-order valence-corrected chi connectivity index (χ4v) is 3.23. The maximum atomic E-state index is 13.1. The first-order valence-corrected chi connectivity index (χ1v) is 10.4. The topological polar surface area (TPSA) is 93.1 Å².